The minimum atomic E-state index is -0.198. The first-order valence-electron chi connectivity index (χ1n) is 13.0. The highest BCUT2D eigenvalue weighted by molar-refractivity contribution is 5.84. The van der Waals surface area contributed by atoms with Gasteiger partial charge in [0, 0.05) is 49.5 Å². The Hall–Kier alpha value is -3.19. The van der Waals surface area contributed by atoms with Crippen LogP contribution < -0.4 is 15.8 Å². The van der Waals surface area contributed by atoms with Crippen LogP contribution in [0.15, 0.2) is 41.2 Å². The molecular formula is C29H39N5O2. The molecular weight excluding hydrogens is 450 g/mol. The van der Waals surface area contributed by atoms with E-state index in [-0.39, 0.29) is 24.1 Å². The van der Waals surface area contributed by atoms with Crippen LogP contribution in [0.4, 0.5) is 5.69 Å². The van der Waals surface area contributed by atoms with E-state index < -0.39 is 0 Å². The third-order valence-electron chi connectivity index (χ3n) is 7.08. The molecule has 1 aliphatic rings. The number of carbonyl (C=O) groups excluding carboxylic acids is 1. The molecule has 0 atom stereocenters. The van der Waals surface area contributed by atoms with Crippen molar-refractivity contribution in [3.63, 3.8) is 0 Å². The maximum atomic E-state index is 13.9. The molecule has 7 nitrogen and oxygen atoms in total. The molecule has 1 saturated heterocycles. The van der Waals surface area contributed by atoms with Crippen molar-refractivity contribution >= 4 is 22.5 Å². The van der Waals surface area contributed by atoms with Gasteiger partial charge in [-0.2, -0.15) is 0 Å². The largest absolute Gasteiger partial charge is 0.370 e. The summed E-state index contributed by atoms with van der Waals surface area (Å²) in [5.41, 5.74) is 4.61. The quantitative estimate of drug-likeness (QED) is 0.564. The molecule has 192 valence electrons. The summed E-state index contributed by atoms with van der Waals surface area (Å²) in [5.74, 6) is 0.320. The number of aromatic nitrogens is 2. The van der Waals surface area contributed by atoms with Gasteiger partial charge in [-0.15, -0.1) is 0 Å². The van der Waals surface area contributed by atoms with Crippen molar-refractivity contribution in [3.8, 4) is 11.4 Å². The lowest BCUT2D eigenvalue weighted by Crippen LogP contribution is -2.37. The zero-order valence-electron chi connectivity index (χ0n) is 22.5. The van der Waals surface area contributed by atoms with Crippen LogP contribution in [0.25, 0.3) is 22.3 Å². The highest BCUT2D eigenvalue weighted by atomic mass is 16.2. The van der Waals surface area contributed by atoms with Gasteiger partial charge in [0.1, 0.15) is 12.4 Å². The van der Waals surface area contributed by atoms with Crippen molar-refractivity contribution < 1.29 is 4.79 Å². The Morgan fingerprint density at radius 1 is 0.972 bits per heavy atom. The topological polar surface area (TPSA) is 70.5 Å². The molecule has 1 fully saturated rings. The zero-order valence-corrected chi connectivity index (χ0v) is 22.5. The molecule has 0 bridgehead atoms. The van der Waals surface area contributed by atoms with Crippen LogP contribution in [0.5, 0.6) is 0 Å². The number of nitrogens with one attached hydrogen (secondary N) is 1. The maximum absolute atomic E-state index is 13.9. The lowest BCUT2D eigenvalue weighted by atomic mass is 10.1. The summed E-state index contributed by atoms with van der Waals surface area (Å²) in [6, 6.07) is 12.5. The molecule has 0 saturated carbocycles. The van der Waals surface area contributed by atoms with Crippen LogP contribution in [0, 0.1) is 13.8 Å². The van der Waals surface area contributed by atoms with Gasteiger partial charge in [0.25, 0.3) is 5.56 Å². The number of hydrogen-bond donors (Lipinski definition) is 1. The second-order valence-corrected chi connectivity index (χ2v) is 10.5. The Morgan fingerprint density at radius 2 is 1.75 bits per heavy atom. The summed E-state index contributed by atoms with van der Waals surface area (Å²) in [4.78, 5) is 36.4. The normalized spacial score (nSPS) is 15.1. The van der Waals surface area contributed by atoms with E-state index in [9.17, 15) is 9.59 Å². The first-order chi connectivity index (χ1) is 17.1. The molecule has 1 amide bonds. The minimum Gasteiger partial charge on any atom is -0.370 e. The van der Waals surface area contributed by atoms with Crippen LogP contribution in [0.3, 0.4) is 0 Å². The molecule has 2 aromatic carbocycles. The van der Waals surface area contributed by atoms with Gasteiger partial charge in [-0.3, -0.25) is 19.1 Å². The second-order valence-electron chi connectivity index (χ2n) is 10.5. The maximum Gasteiger partial charge on any atom is 0.262 e. The van der Waals surface area contributed by atoms with Crippen molar-refractivity contribution in [2.75, 3.05) is 31.1 Å². The van der Waals surface area contributed by atoms with Gasteiger partial charge in [0.15, 0.2) is 0 Å². The van der Waals surface area contributed by atoms with Gasteiger partial charge in [-0.25, -0.2) is 4.98 Å². The summed E-state index contributed by atoms with van der Waals surface area (Å²) >= 11 is 0. The number of rotatable bonds is 6. The first-order valence-corrected chi connectivity index (χ1v) is 13.0. The Labute approximate surface area is 214 Å². The van der Waals surface area contributed by atoms with E-state index in [0.29, 0.717) is 22.8 Å². The van der Waals surface area contributed by atoms with Gasteiger partial charge in [0.2, 0.25) is 5.91 Å². The molecule has 36 heavy (non-hydrogen) atoms. The van der Waals surface area contributed by atoms with E-state index in [1.54, 1.807) is 0 Å². The Morgan fingerprint density at radius 3 is 2.44 bits per heavy atom. The summed E-state index contributed by atoms with van der Waals surface area (Å²) in [5, 5.41) is 3.45. The fourth-order valence-corrected chi connectivity index (χ4v) is 4.88. The SMILES string of the molecule is Cc1ccc(-c2nc3ccc(N4CCCN(C(C)C)CC4)cc3c(=O)n2CC(=O)NC(C)C)cc1C. The van der Waals surface area contributed by atoms with E-state index in [1.165, 1.54) is 10.1 Å². The number of nitrogens with zero attached hydrogens (tertiary/aromatic N) is 4. The molecule has 0 spiro atoms. The van der Waals surface area contributed by atoms with Crippen LogP contribution in [0.2, 0.25) is 0 Å². The summed E-state index contributed by atoms with van der Waals surface area (Å²) in [6.45, 7) is 16.3. The van der Waals surface area contributed by atoms with Crippen molar-refractivity contribution in [3.05, 3.63) is 57.9 Å². The highest BCUT2D eigenvalue weighted by Gasteiger charge is 2.20. The third kappa shape index (κ3) is 5.62. The van der Waals surface area contributed by atoms with Crippen LogP contribution in [-0.4, -0.2) is 58.6 Å². The number of fused-ring (bicyclic) bond motifs is 1. The van der Waals surface area contributed by atoms with Crippen molar-refractivity contribution in [2.24, 2.45) is 0 Å². The molecule has 1 aliphatic heterocycles. The molecule has 0 radical (unpaired) electrons. The third-order valence-corrected chi connectivity index (χ3v) is 7.08. The molecule has 1 aromatic heterocycles. The van der Waals surface area contributed by atoms with Gasteiger partial charge < -0.3 is 10.2 Å². The molecule has 4 rings (SSSR count). The van der Waals surface area contributed by atoms with E-state index in [4.69, 9.17) is 4.98 Å². The molecule has 7 heteroatoms. The first kappa shape index (κ1) is 25.9. The fraction of sp³-hybridized carbons (Fsp3) is 0.483. The number of hydrogen-bond acceptors (Lipinski definition) is 5. The van der Waals surface area contributed by atoms with E-state index >= 15 is 0 Å². The van der Waals surface area contributed by atoms with Gasteiger partial charge in [-0.05, 0) is 83.4 Å². The number of benzene rings is 2. The average Bonchev–Trinajstić information content (AvgIpc) is 3.08. The standard InChI is InChI=1S/C29H39N5O2/c1-19(2)30-27(35)18-34-28(23-9-8-21(5)22(6)16-23)31-26-11-10-24(17-25(26)29(34)36)33-13-7-12-32(14-15-33)20(3)4/h8-11,16-17,19-20H,7,12-15,18H2,1-6H3,(H,30,35). The summed E-state index contributed by atoms with van der Waals surface area (Å²) < 4.78 is 1.52. The van der Waals surface area contributed by atoms with E-state index in [2.05, 4.69) is 42.0 Å². The van der Waals surface area contributed by atoms with Crippen molar-refractivity contribution in [2.45, 2.75) is 66.6 Å². The second kappa shape index (κ2) is 10.8. The Bertz CT molecular complexity index is 1310. The van der Waals surface area contributed by atoms with Crippen molar-refractivity contribution in [1.82, 2.24) is 19.8 Å². The predicted octanol–water partition coefficient (Wildman–Crippen LogP) is 4.13. The van der Waals surface area contributed by atoms with Crippen LogP contribution in [0.1, 0.15) is 45.2 Å². The number of carbonyl (C=O) groups is 1. The highest BCUT2D eigenvalue weighted by Crippen LogP contribution is 2.25. The molecule has 0 aliphatic carbocycles. The van der Waals surface area contributed by atoms with Crippen molar-refractivity contribution in [1.29, 1.82) is 0 Å². The summed E-state index contributed by atoms with van der Waals surface area (Å²) in [7, 11) is 0. The number of amides is 1. The molecule has 2 heterocycles. The average molecular weight is 490 g/mol. The van der Waals surface area contributed by atoms with Gasteiger partial charge in [-0.1, -0.05) is 12.1 Å². The minimum absolute atomic E-state index is 0.00766. The molecule has 1 N–H and O–H groups in total. The smallest absolute Gasteiger partial charge is 0.262 e. The Balaban J connectivity index is 1.79. The number of aryl methyl sites for hydroxylation is 2. The lowest BCUT2D eigenvalue weighted by molar-refractivity contribution is -0.122. The molecule has 0 unspecified atom stereocenters. The van der Waals surface area contributed by atoms with Gasteiger partial charge >= 0.3 is 0 Å². The molecule has 3 aromatic rings. The van der Waals surface area contributed by atoms with E-state index in [1.807, 2.05) is 51.1 Å². The number of anilines is 1. The monoisotopic (exact) mass is 489 g/mol. The zero-order chi connectivity index (χ0) is 26.0. The van der Waals surface area contributed by atoms with Gasteiger partial charge in [0.05, 0.1) is 10.9 Å². The van der Waals surface area contributed by atoms with Crippen LogP contribution >= 0.6 is 0 Å². The van der Waals surface area contributed by atoms with E-state index in [0.717, 1.165) is 49.4 Å². The fourth-order valence-electron chi connectivity index (χ4n) is 4.88. The predicted molar refractivity (Wildman–Crippen MR) is 148 cm³/mol. The lowest BCUT2D eigenvalue weighted by Gasteiger charge is -2.26. The summed E-state index contributed by atoms with van der Waals surface area (Å²) in [6.07, 6.45) is 1.08. The van der Waals surface area contributed by atoms with Crippen LogP contribution in [-0.2, 0) is 11.3 Å². The Kier molecular flexibility index (Phi) is 7.79.